The number of nitrogens with zero attached hydrogens (tertiary/aromatic N) is 4. The van der Waals surface area contributed by atoms with Gasteiger partial charge in [0.15, 0.2) is 28.6 Å². The highest BCUT2D eigenvalue weighted by molar-refractivity contribution is 9.10. The molecule has 1 N–H and O–H groups in total. The van der Waals surface area contributed by atoms with E-state index in [0.717, 1.165) is 0 Å². The molecule has 0 atom stereocenters. The van der Waals surface area contributed by atoms with Gasteiger partial charge in [-0.3, -0.25) is 4.57 Å². The average molecular weight is 448 g/mol. The monoisotopic (exact) mass is 447 g/mol. The number of rotatable bonds is 5. The van der Waals surface area contributed by atoms with Gasteiger partial charge in [0.1, 0.15) is 17.3 Å². The zero-order chi connectivity index (χ0) is 19.6. The van der Waals surface area contributed by atoms with Crippen LogP contribution in [-0.4, -0.2) is 25.6 Å². The number of hydrogen-bond donors (Lipinski definition) is 1. The number of imidazole rings is 1. The maximum absolute atomic E-state index is 14.6. The standard InChI is InChI=1S/C20H20BrF2N5/c1-9-24-19(27-16(11-3-4-11)12-5-6-12)17-20(25-9)28(10(2)26-17)18-14(22)7-13(21)8-15(18)23/h7-8,11-12,16H,3-6H2,1-2H3,(H,24,25,27). The van der Waals surface area contributed by atoms with Crippen molar-refractivity contribution in [3.8, 4) is 5.69 Å². The zero-order valence-corrected chi connectivity index (χ0v) is 17.2. The summed E-state index contributed by atoms with van der Waals surface area (Å²) in [5.74, 6) is 1.69. The van der Waals surface area contributed by atoms with Gasteiger partial charge in [0.05, 0.1) is 0 Å². The first-order valence-electron chi connectivity index (χ1n) is 9.57. The normalized spacial score (nSPS) is 16.9. The predicted octanol–water partition coefficient (Wildman–Crippen LogP) is 5.07. The molecule has 0 bridgehead atoms. The molecule has 0 aliphatic heterocycles. The lowest BCUT2D eigenvalue weighted by atomic mass is 10.1. The Hall–Kier alpha value is -2.09. The van der Waals surface area contributed by atoms with E-state index in [0.29, 0.717) is 51.0 Å². The Balaban J connectivity index is 1.66. The molecule has 5 rings (SSSR count). The van der Waals surface area contributed by atoms with Crippen LogP contribution in [0.25, 0.3) is 16.9 Å². The van der Waals surface area contributed by atoms with Gasteiger partial charge in [-0.05, 0) is 63.5 Å². The zero-order valence-electron chi connectivity index (χ0n) is 15.6. The molecule has 1 aromatic carbocycles. The molecule has 0 amide bonds. The van der Waals surface area contributed by atoms with Crippen molar-refractivity contribution in [3.63, 3.8) is 0 Å². The van der Waals surface area contributed by atoms with Crippen LogP contribution in [0.4, 0.5) is 14.6 Å². The second-order valence-electron chi connectivity index (χ2n) is 7.85. The molecular formula is C20H20BrF2N5. The van der Waals surface area contributed by atoms with Gasteiger partial charge in [0, 0.05) is 10.5 Å². The summed E-state index contributed by atoms with van der Waals surface area (Å²) in [6.07, 6.45) is 4.96. The van der Waals surface area contributed by atoms with E-state index in [1.54, 1.807) is 13.8 Å². The Morgan fingerprint density at radius 3 is 2.21 bits per heavy atom. The number of anilines is 1. The van der Waals surface area contributed by atoms with Crippen molar-refractivity contribution in [1.82, 2.24) is 19.5 Å². The van der Waals surface area contributed by atoms with E-state index >= 15 is 0 Å². The molecular weight excluding hydrogens is 428 g/mol. The summed E-state index contributed by atoms with van der Waals surface area (Å²) in [4.78, 5) is 13.6. The highest BCUT2D eigenvalue weighted by Crippen LogP contribution is 2.46. The number of halogens is 3. The summed E-state index contributed by atoms with van der Waals surface area (Å²) >= 11 is 3.13. The van der Waals surface area contributed by atoms with Crippen LogP contribution in [0.1, 0.15) is 37.3 Å². The van der Waals surface area contributed by atoms with E-state index in [4.69, 9.17) is 0 Å². The van der Waals surface area contributed by atoms with Crippen LogP contribution in [-0.2, 0) is 0 Å². The van der Waals surface area contributed by atoms with Crippen LogP contribution in [0.5, 0.6) is 0 Å². The molecule has 5 nitrogen and oxygen atoms in total. The third-order valence-corrected chi connectivity index (χ3v) is 6.01. The number of aromatic nitrogens is 4. The van der Waals surface area contributed by atoms with Gasteiger partial charge in [0.2, 0.25) is 0 Å². The lowest BCUT2D eigenvalue weighted by molar-refractivity contribution is 0.565. The van der Waals surface area contributed by atoms with Crippen LogP contribution in [0.2, 0.25) is 0 Å². The van der Waals surface area contributed by atoms with Crippen LogP contribution < -0.4 is 5.32 Å². The molecule has 0 unspecified atom stereocenters. The Morgan fingerprint density at radius 1 is 1.04 bits per heavy atom. The van der Waals surface area contributed by atoms with Gasteiger partial charge >= 0.3 is 0 Å². The minimum Gasteiger partial charge on any atom is -0.365 e. The van der Waals surface area contributed by atoms with E-state index in [-0.39, 0.29) is 5.69 Å². The van der Waals surface area contributed by atoms with Gasteiger partial charge in [-0.1, -0.05) is 15.9 Å². The number of aryl methyl sites for hydroxylation is 2. The topological polar surface area (TPSA) is 55.6 Å². The quantitative estimate of drug-likeness (QED) is 0.592. The van der Waals surface area contributed by atoms with Crippen molar-refractivity contribution in [2.24, 2.45) is 11.8 Å². The van der Waals surface area contributed by atoms with Crippen LogP contribution in [0, 0.1) is 37.3 Å². The van der Waals surface area contributed by atoms with E-state index in [1.165, 1.54) is 42.4 Å². The molecule has 0 radical (unpaired) electrons. The Bertz CT molecular complexity index is 1050. The lowest BCUT2D eigenvalue weighted by Crippen LogP contribution is -2.25. The molecule has 2 fully saturated rings. The molecule has 0 spiro atoms. The first-order valence-corrected chi connectivity index (χ1v) is 10.4. The smallest absolute Gasteiger partial charge is 0.170 e. The molecule has 0 saturated heterocycles. The molecule has 2 heterocycles. The highest BCUT2D eigenvalue weighted by Gasteiger charge is 2.42. The third-order valence-electron chi connectivity index (χ3n) is 5.55. The van der Waals surface area contributed by atoms with Crippen LogP contribution in [0.15, 0.2) is 16.6 Å². The van der Waals surface area contributed by atoms with Crippen LogP contribution in [0.3, 0.4) is 0 Å². The first-order chi connectivity index (χ1) is 13.4. The van der Waals surface area contributed by atoms with Crippen molar-refractivity contribution in [1.29, 1.82) is 0 Å². The minimum absolute atomic E-state index is 0.173. The van der Waals surface area contributed by atoms with E-state index in [2.05, 4.69) is 36.2 Å². The SMILES string of the molecule is Cc1nc(NC(C2CC2)C2CC2)c2nc(C)n(-c3c(F)cc(Br)cc3F)c2n1. The van der Waals surface area contributed by atoms with Crippen molar-refractivity contribution in [3.05, 3.63) is 39.9 Å². The summed E-state index contributed by atoms with van der Waals surface area (Å²) < 4.78 is 31.1. The van der Waals surface area contributed by atoms with Gasteiger partial charge in [-0.15, -0.1) is 0 Å². The molecule has 146 valence electrons. The van der Waals surface area contributed by atoms with Crippen molar-refractivity contribution >= 4 is 32.9 Å². The fourth-order valence-electron chi connectivity index (χ4n) is 3.98. The number of fused-ring (bicyclic) bond motifs is 1. The van der Waals surface area contributed by atoms with Gasteiger partial charge < -0.3 is 5.32 Å². The predicted molar refractivity (Wildman–Crippen MR) is 107 cm³/mol. The second-order valence-corrected chi connectivity index (χ2v) is 8.76. The largest absolute Gasteiger partial charge is 0.365 e. The van der Waals surface area contributed by atoms with Crippen LogP contribution >= 0.6 is 15.9 Å². The highest BCUT2D eigenvalue weighted by atomic mass is 79.9. The van der Waals surface area contributed by atoms with Crippen molar-refractivity contribution < 1.29 is 8.78 Å². The molecule has 28 heavy (non-hydrogen) atoms. The summed E-state index contributed by atoms with van der Waals surface area (Å²) in [5.41, 5.74) is 0.794. The number of benzene rings is 1. The number of nitrogens with one attached hydrogen (secondary N) is 1. The fraction of sp³-hybridized carbons (Fsp3) is 0.450. The molecule has 8 heteroatoms. The third kappa shape index (κ3) is 3.07. The first kappa shape index (κ1) is 18.0. The Morgan fingerprint density at radius 2 is 1.64 bits per heavy atom. The van der Waals surface area contributed by atoms with Crippen molar-refractivity contribution in [2.45, 2.75) is 45.6 Å². The maximum Gasteiger partial charge on any atom is 0.170 e. The van der Waals surface area contributed by atoms with Crippen molar-refractivity contribution in [2.75, 3.05) is 5.32 Å². The fourth-order valence-corrected chi connectivity index (χ4v) is 4.38. The summed E-state index contributed by atoms with van der Waals surface area (Å²) in [7, 11) is 0. The molecule has 2 aromatic heterocycles. The Labute approximate surface area is 169 Å². The average Bonchev–Trinajstić information content (AvgIpc) is 3.51. The van der Waals surface area contributed by atoms with E-state index < -0.39 is 11.6 Å². The molecule has 2 aliphatic carbocycles. The summed E-state index contributed by atoms with van der Waals surface area (Å²) in [6.45, 7) is 3.51. The summed E-state index contributed by atoms with van der Waals surface area (Å²) in [6, 6.07) is 2.88. The lowest BCUT2D eigenvalue weighted by Gasteiger charge is -2.18. The number of hydrogen-bond acceptors (Lipinski definition) is 4. The van der Waals surface area contributed by atoms with Gasteiger partial charge in [0.25, 0.3) is 0 Å². The van der Waals surface area contributed by atoms with Gasteiger partial charge in [-0.2, -0.15) is 0 Å². The second kappa shape index (κ2) is 6.47. The van der Waals surface area contributed by atoms with E-state index in [9.17, 15) is 8.78 Å². The molecule has 2 aliphatic rings. The van der Waals surface area contributed by atoms with Gasteiger partial charge in [-0.25, -0.2) is 23.7 Å². The maximum atomic E-state index is 14.6. The molecule has 2 saturated carbocycles. The minimum atomic E-state index is -0.672. The van der Waals surface area contributed by atoms with E-state index in [1.807, 2.05) is 0 Å². The summed E-state index contributed by atoms with van der Waals surface area (Å²) in [5, 5.41) is 3.60. The Kier molecular flexibility index (Phi) is 4.15. The molecule has 3 aromatic rings.